The van der Waals surface area contributed by atoms with Gasteiger partial charge < -0.3 is 14.2 Å². The normalized spacial score (nSPS) is 10.7. The van der Waals surface area contributed by atoms with Crippen molar-refractivity contribution in [2.24, 2.45) is 0 Å². The first kappa shape index (κ1) is 21.4. The van der Waals surface area contributed by atoms with Crippen LogP contribution in [0.3, 0.4) is 0 Å². The monoisotopic (exact) mass is 396 g/mol. The Bertz CT molecular complexity index is 962. The lowest BCUT2D eigenvalue weighted by atomic mass is 10.1. The quantitative estimate of drug-likeness (QED) is 0.158. The lowest BCUT2D eigenvalue weighted by molar-refractivity contribution is -0.384. The molecule has 8 heteroatoms. The molecule has 0 aliphatic carbocycles. The molecule has 2 aromatic rings. The zero-order valence-electron chi connectivity index (χ0n) is 16.1. The van der Waals surface area contributed by atoms with Gasteiger partial charge in [0.05, 0.1) is 11.5 Å². The Kier molecular flexibility index (Phi) is 7.74. The molecule has 0 aliphatic rings. The molecule has 0 bridgehead atoms. The van der Waals surface area contributed by atoms with E-state index < -0.39 is 10.9 Å². The number of carbonyl (C=O) groups is 1. The molecule has 2 rings (SSSR count). The van der Waals surface area contributed by atoms with E-state index in [4.69, 9.17) is 14.2 Å². The van der Waals surface area contributed by atoms with Gasteiger partial charge >= 0.3 is 5.97 Å². The highest BCUT2D eigenvalue weighted by atomic mass is 16.6. The van der Waals surface area contributed by atoms with Crippen molar-refractivity contribution in [1.29, 1.82) is 5.26 Å². The number of hydrogen-bond acceptors (Lipinski definition) is 7. The Hall–Kier alpha value is -3.86. The van der Waals surface area contributed by atoms with Crippen molar-refractivity contribution in [2.75, 3.05) is 19.8 Å². The van der Waals surface area contributed by atoms with E-state index in [-0.39, 0.29) is 42.4 Å². The van der Waals surface area contributed by atoms with Gasteiger partial charge in [-0.05, 0) is 43.7 Å². The fraction of sp³-hybridized carbons (Fsp3) is 0.238. The highest BCUT2D eigenvalue weighted by molar-refractivity contribution is 5.98. The molecule has 0 fully saturated rings. The summed E-state index contributed by atoms with van der Waals surface area (Å²) in [6.07, 6.45) is 1.21. The third-order valence-corrected chi connectivity index (χ3v) is 3.72. The Labute approximate surface area is 168 Å². The summed E-state index contributed by atoms with van der Waals surface area (Å²) < 4.78 is 16.1. The number of nitro benzene ring substituents is 1. The average molecular weight is 396 g/mol. The minimum atomic E-state index is -0.810. The average Bonchev–Trinajstić information content (AvgIpc) is 2.70. The first-order valence-corrected chi connectivity index (χ1v) is 8.84. The zero-order valence-corrected chi connectivity index (χ0v) is 16.1. The second-order valence-corrected chi connectivity index (χ2v) is 5.88. The number of esters is 1. The summed E-state index contributed by atoms with van der Waals surface area (Å²) in [5.41, 5.74) is 0.808. The maximum absolute atomic E-state index is 11.8. The Balaban J connectivity index is 2.16. The van der Waals surface area contributed by atoms with Gasteiger partial charge in [0.25, 0.3) is 5.69 Å². The fourth-order valence-electron chi connectivity index (χ4n) is 2.41. The van der Waals surface area contributed by atoms with Crippen LogP contribution < -0.4 is 9.47 Å². The smallest absolute Gasteiger partial charge is 0.348 e. The topological polar surface area (TPSA) is 112 Å². The van der Waals surface area contributed by atoms with Crippen LogP contribution in [-0.2, 0) is 9.53 Å². The van der Waals surface area contributed by atoms with Gasteiger partial charge in [0.1, 0.15) is 36.4 Å². The van der Waals surface area contributed by atoms with Crippen LogP contribution in [0.1, 0.15) is 18.1 Å². The molecule has 0 aromatic heterocycles. The Morgan fingerprint density at radius 1 is 1.21 bits per heavy atom. The van der Waals surface area contributed by atoms with E-state index >= 15 is 0 Å². The first-order chi connectivity index (χ1) is 13.9. The Morgan fingerprint density at radius 3 is 2.62 bits per heavy atom. The van der Waals surface area contributed by atoms with E-state index in [1.54, 1.807) is 13.0 Å². The number of ether oxygens (including phenoxy) is 3. The summed E-state index contributed by atoms with van der Waals surface area (Å²) in [7, 11) is 0. The molecule has 0 heterocycles. The molecular formula is C21H20N2O6. The van der Waals surface area contributed by atoms with E-state index in [1.807, 2.05) is 31.2 Å². The largest absolute Gasteiger partial charge is 0.490 e. The predicted molar refractivity (Wildman–Crippen MR) is 105 cm³/mol. The third-order valence-electron chi connectivity index (χ3n) is 3.72. The summed E-state index contributed by atoms with van der Waals surface area (Å²) in [4.78, 5) is 22.3. The minimum Gasteiger partial charge on any atom is -0.490 e. The minimum absolute atomic E-state index is 0.104. The van der Waals surface area contributed by atoms with E-state index in [0.29, 0.717) is 5.75 Å². The van der Waals surface area contributed by atoms with Crippen LogP contribution in [0, 0.1) is 28.4 Å². The molecule has 0 radical (unpaired) electrons. The molecular weight excluding hydrogens is 376 g/mol. The van der Waals surface area contributed by atoms with E-state index in [0.717, 1.165) is 5.56 Å². The molecule has 29 heavy (non-hydrogen) atoms. The number of rotatable bonds is 9. The molecule has 150 valence electrons. The van der Waals surface area contributed by atoms with Gasteiger partial charge in [0.15, 0.2) is 0 Å². The molecule has 0 unspecified atom stereocenters. The van der Waals surface area contributed by atoms with Crippen LogP contribution in [0.4, 0.5) is 5.69 Å². The van der Waals surface area contributed by atoms with Gasteiger partial charge in [0.2, 0.25) is 0 Å². The molecule has 0 saturated heterocycles. The SMILES string of the molecule is CCOC(=O)/C(C#N)=C/c1cc([N+](=O)[O-])ccc1OCCOc1cccc(C)c1. The number of non-ortho nitro benzene ring substituents is 1. The number of carbonyl (C=O) groups excluding carboxylic acids is 1. The number of hydrogen-bond donors (Lipinski definition) is 0. The van der Waals surface area contributed by atoms with Crippen molar-refractivity contribution < 1.29 is 23.9 Å². The van der Waals surface area contributed by atoms with Gasteiger partial charge in [-0.25, -0.2) is 4.79 Å². The summed E-state index contributed by atoms with van der Waals surface area (Å²) in [5.74, 6) is 0.169. The highest BCUT2D eigenvalue weighted by Crippen LogP contribution is 2.27. The van der Waals surface area contributed by atoms with Crippen LogP contribution >= 0.6 is 0 Å². The van der Waals surface area contributed by atoms with Gasteiger partial charge in [-0.15, -0.1) is 0 Å². The van der Waals surface area contributed by atoms with Crippen LogP contribution in [0.5, 0.6) is 11.5 Å². The summed E-state index contributed by atoms with van der Waals surface area (Å²) in [6.45, 7) is 4.07. The zero-order chi connectivity index (χ0) is 21.2. The van der Waals surface area contributed by atoms with E-state index in [9.17, 15) is 20.2 Å². The molecule has 0 saturated carbocycles. The number of nitriles is 1. The predicted octanol–water partition coefficient (Wildman–Crippen LogP) is 3.83. The molecule has 8 nitrogen and oxygen atoms in total. The number of nitrogens with zero attached hydrogens (tertiary/aromatic N) is 2. The van der Waals surface area contributed by atoms with E-state index in [2.05, 4.69) is 0 Å². The van der Waals surface area contributed by atoms with Crippen molar-refractivity contribution in [2.45, 2.75) is 13.8 Å². The summed E-state index contributed by atoms with van der Waals surface area (Å²) >= 11 is 0. The van der Waals surface area contributed by atoms with Gasteiger partial charge in [0, 0.05) is 17.7 Å². The second kappa shape index (κ2) is 10.5. The summed E-state index contributed by atoms with van der Waals surface area (Å²) in [6, 6.07) is 13.2. The number of benzene rings is 2. The van der Waals surface area contributed by atoms with E-state index in [1.165, 1.54) is 24.3 Å². The van der Waals surface area contributed by atoms with Crippen molar-refractivity contribution in [3.63, 3.8) is 0 Å². The van der Waals surface area contributed by atoms with Crippen molar-refractivity contribution >= 4 is 17.7 Å². The highest BCUT2D eigenvalue weighted by Gasteiger charge is 2.15. The van der Waals surface area contributed by atoms with Crippen LogP contribution in [-0.4, -0.2) is 30.7 Å². The summed E-state index contributed by atoms with van der Waals surface area (Å²) in [5, 5.41) is 20.3. The van der Waals surface area contributed by atoms with Crippen LogP contribution in [0.2, 0.25) is 0 Å². The standard InChI is InChI=1S/C21H20N2O6/c1-3-27-21(24)17(14-22)12-16-13-18(23(25)26)7-8-20(16)29-10-9-28-19-6-4-5-15(2)11-19/h4-8,11-13H,3,9-10H2,1-2H3/b17-12+. The molecule has 0 N–H and O–H groups in total. The van der Waals surface area contributed by atoms with Crippen molar-refractivity contribution in [3.05, 3.63) is 69.3 Å². The molecule has 0 spiro atoms. The van der Waals surface area contributed by atoms with Gasteiger partial charge in [-0.1, -0.05) is 12.1 Å². The van der Waals surface area contributed by atoms with Gasteiger partial charge in [-0.3, -0.25) is 10.1 Å². The number of aryl methyl sites for hydroxylation is 1. The molecule has 0 aliphatic heterocycles. The maximum atomic E-state index is 11.8. The van der Waals surface area contributed by atoms with Crippen molar-refractivity contribution in [1.82, 2.24) is 0 Å². The molecule has 0 amide bonds. The van der Waals surface area contributed by atoms with Crippen LogP contribution in [0.25, 0.3) is 6.08 Å². The number of nitro groups is 1. The second-order valence-electron chi connectivity index (χ2n) is 5.88. The van der Waals surface area contributed by atoms with Crippen molar-refractivity contribution in [3.8, 4) is 17.6 Å². The lowest BCUT2D eigenvalue weighted by Crippen LogP contribution is -2.10. The van der Waals surface area contributed by atoms with Gasteiger partial charge in [-0.2, -0.15) is 5.26 Å². The molecule has 0 atom stereocenters. The Morgan fingerprint density at radius 2 is 1.97 bits per heavy atom. The fourth-order valence-corrected chi connectivity index (χ4v) is 2.41. The third kappa shape index (κ3) is 6.36. The molecule has 2 aromatic carbocycles. The first-order valence-electron chi connectivity index (χ1n) is 8.84. The lowest BCUT2D eigenvalue weighted by Gasteiger charge is -2.11. The maximum Gasteiger partial charge on any atom is 0.348 e. The van der Waals surface area contributed by atoms with Crippen LogP contribution in [0.15, 0.2) is 48.0 Å².